The molecule has 0 fully saturated rings. The first-order chi connectivity index (χ1) is 11.7. The van der Waals surface area contributed by atoms with Gasteiger partial charge in [0, 0.05) is 18.0 Å². The third-order valence-electron chi connectivity index (χ3n) is 3.47. The first-order valence-corrected chi connectivity index (χ1v) is 8.16. The number of nitrogens with zero attached hydrogens (tertiary/aromatic N) is 2. The topological polar surface area (TPSA) is 35.0 Å². The molecule has 1 aromatic carbocycles. The van der Waals surface area contributed by atoms with Gasteiger partial charge in [-0.05, 0) is 50.0 Å². The third kappa shape index (κ3) is 5.95. The standard InChI is InChI=1S/C20H23FN2O/c1-3-13-24-19-11-9-17(10-12-19)18-14-22-20(23-15-18)8-6-4-5-7-16(2)21/h3,6,8-12,14-16H,1,4-5,7,13H2,2H3. The number of alkyl halides is 1. The van der Waals surface area contributed by atoms with Crippen LogP contribution < -0.4 is 4.74 Å². The van der Waals surface area contributed by atoms with Crippen molar-refractivity contribution in [1.82, 2.24) is 9.97 Å². The Bertz CT molecular complexity index is 648. The lowest BCUT2D eigenvalue weighted by Gasteiger charge is -2.05. The summed E-state index contributed by atoms with van der Waals surface area (Å²) in [6.07, 6.45) is 10.7. The smallest absolute Gasteiger partial charge is 0.151 e. The number of hydrogen-bond donors (Lipinski definition) is 0. The fourth-order valence-electron chi connectivity index (χ4n) is 2.18. The molecule has 1 aromatic heterocycles. The van der Waals surface area contributed by atoms with Crippen LogP contribution in [0.5, 0.6) is 5.75 Å². The molecule has 2 rings (SSSR count). The van der Waals surface area contributed by atoms with Crippen molar-refractivity contribution >= 4 is 6.08 Å². The van der Waals surface area contributed by atoms with E-state index in [0.717, 1.165) is 29.7 Å². The van der Waals surface area contributed by atoms with Crippen LogP contribution in [0.4, 0.5) is 4.39 Å². The second-order valence-electron chi connectivity index (χ2n) is 5.57. The molecule has 1 heterocycles. The van der Waals surface area contributed by atoms with Gasteiger partial charge in [-0.1, -0.05) is 30.9 Å². The predicted molar refractivity (Wildman–Crippen MR) is 96.6 cm³/mol. The summed E-state index contributed by atoms with van der Waals surface area (Å²) in [6.45, 7) is 5.71. The lowest BCUT2D eigenvalue weighted by molar-refractivity contribution is 0.335. The van der Waals surface area contributed by atoms with Gasteiger partial charge in [0.1, 0.15) is 12.4 Å². The van der Waals surface area contributed by atoms with Crippen molar-refractivity contribution in [3.63, 3.8) is 0 Å². The number of unbranched alkanes of at least 4 members (excludes halogenated alkanes) is 1. The van der Waals surface area contributed by atoms with Crippen LogP contribution in [0.3, 0.4) is 0 Å². The second kappa shape index (κ2) is 9.60. The average molecular weight is 326 g/mol. The Hall–Kier alpha value is -2.49. The fourth-order valence-corrected chi connectivity index (χ4v) is 2.18. The average Bonchev–Trinajstić information content (AvgIpc) is 2.60. The maximum absolute atomic E-state index is 12.7. The molecule has 1 unspecified atom stereocenters. The summed E-state index contributed by atoms with van der Waals surface area (Å²) in [4.78, 5) is 8.69. The Balaban J connectivity index is 1.91. The van der Waals surface area contributed by atoms with E-state index < -0.39 is 6.17 Å². The summed E-state index contributed by atoms with van der Waals surface area (Å²) in [6, 6.07) is 7.78. The maximum Gasteiger partial charge on any atom is 0.151 e. The number of benzene rings is 1. The number of halogens is 1. The zero-order valence-corrected chi connectivity index (χ0v) is 14.0. The molecule has 0 saturated carbocycles. The second-order valence-corrected chi connectivity index (χ2v) is 5.57. The fraction of sp³-hybridized carbons (Fsp3) is 0.300. The van der Waals surface area contributed by atoms with Crippen molar-refractivity contribution in [2.45, 2.75) is 32.4 Å². The number of allylic oxidation sites excluding steroid dienone is 1. The van der Waals surface area contributed by atoms with E-state index in [1.165, 1.54) is 0 Å². The Kier molecular flexibility index (Phi) is 7.15. The summed E-state index contributed by atoms with van der Waals surface area (Å²) in [5.41, 5.74) is 1.99. The molecule has 24 heavy (non-hydrogen) atoms. The molecule has 2 aromatic rings. The molecule has 0 saturated heterocycles. The van der Waals surface area contributed by atoms with Crippen LogP contribution >= 0.6 is 0 Å². The first-order valence-electron chi connectivity index (χ1n) is 8.16. The molecule has 0 N–H and O–H groups in total. The van der Waals surface area contributed by atoms with Gasteiger partial charge in [0.15, 0.2) is 5.82 Å². The quantitative estimate of drug-likeness (QED) is 0.466. The highest BCUT2D eigenvalue weighted by atomic mass is 19.1. The van der Waals surface area contributed by atoms with Crippen molar-refractivity contribution in [2.75, 3.05) is 6.61 Å². The Labute approximate surface area is 142 Å². The minimum absolute atomic E-state index is 0.494. The zero-order chi connectivity index (χ0) is 17.2. The van der Waals surface area contributed by atoms with Crippen molar-refractivity contribution in [2.24, 2.45) is 0 Å². The van der Waals surface area contributed by atoms with Crippen LogP contribution in [-0.2, 0) is 0 Å². The summed E-state index contributed by atoms with van der Waals surface area (Å²) < 4.78 is 18.1. The van der Waals surface area contributed by atoms with Crippen LogP contribution in [0.25, 0.3) is 17.2 Å². The van der Waals surface area contributed by atoms with E-state index in [2.05, 4.69) is 16.5 Å². The minimum atomic E-state index is -0.734. The van der Waals surface area contributed by atoms with Crippen LogP contribution in [0, 0.1) is 0 Å². The van der Waals surface area contributed by atoms with E-state index in [9.17, 15) is 4.39 Å². The lowest BCUT2D eigenvalue weighted by Crippen LogP contribution is -1.92. The highest BCUT2D eigenvalue weighted by Crippen LogP contribution is 2.21. The van der Waals surface area contributed by atoms with E-state index in [1.54, 1.807) is 25.4 Å². The number of aromatic nitrogens is 2. The lowest BCUT2D eigenvalue weighted by atomic mass is 10.1. The molecule has 0 amide bonds. The van der Waals surface area contributed by atoms with E-state index in [0.29, 0.717) is 18.9 Å². The van der Waals surface area contributed by atoms with Gasteiger partial charge >= 0.3 is 0 Å². The molecule has 4 heteroatoms. The third-order valence-corrected chi connectivity index (χ3v) is 3.47. The van der Waals surface area contributed by atoms with Crippen molar-refractivity contribution in [3.8, 4) is 16.9 Å². The van der Waals surface area contributed by atoms with Gasteiger partial charge in [0.25, 0.3) is 0 Å². The van der Waals surface area contributed by atoms with Crippen molar-refractivity contribution in [3.05, 3.63) is 61.2 Å². The van der Waals surface area contributed by atoms with Crippen LogP contribution in [-0.4, -0.2) is 22.7 Å². The molecule has 0 aliphatic heterocycles. The zero-order valence-electron chi connectivity index (χ0n) is 14.0. The van der Waals surface area contributed by atoms with Crippen LogP contribution in [0.15, 0.2) is 55.4 Å². The van der Waals surface area contributed by atoms with Crippen LogP contribution in [0.2, 0.25) is 0 Å². The van der Waals surface area contributed by atoms with E-state index >= 15 is 0 Å². The maximum atomic E-state index is 12.7. The molecule has 126 valence electrons. The molecule has 0 aliphatic carbocycles. The van der Waals surface area contributed by atoms with Gasteiger partial charge in [-0.25, -0.2) is 14.4 Å². The number of rotatable bonds is 9. The monoisotopic (exact) mass is 326 g/mol. The molecule has 3 nitrogen and oxygen atoms in total. The predicted octanol–water partition coefficient (Wildman–Crippen LogP) is 5.25. The summed E-state index contributed by atoms with van der Waals surface area (Å²) in [5.74, 6) is 1.47. The first kappa shape index (κ1) is 17.9. The number of hydrogen-bond acceptors (Lipinski definition) is 3. The van der Waals surface area contributed by atoms with Gasteiger partial charge in [-0.2, -0.15) is 0 Å². The van der Waals surface area contributed by atoms with E-state index in [-0.39, 0.29) is 0 Å². The Morgan fingerprint density at radius 2 is 1.88 bits per heavy atom. The minimum Gasteiger partial charge on any atom is -0.490 e. The molecule has 0 aliphatic rings. The van der Waals surface area contributed by atoms with Gasteiger partial charge in [0.2, 0.25) is 0 Å². The molecule has 0 spiro atoms. The summed E-state index contributed by atoms with van der Waals surface area (Å²) in [5, 5.41) is 0. The molecule has 1 atom stereocenters. The van der Waals surface area contributed by atoms with E-state index in [1.807, 2.05) is 36.4 Å². The largest absolute Gasteiger partial charge is 0.490 e. The molecular formula is C20H23FN2O. The molecule has 0 radical (unpaired) electrons. The van der Waals surface area contributed by atoms with Gasteiger partial charge in [-0.3, -0.25) is 0 Å². The highest BCUT2D eigenvalue weighted by molar-refractivity contribution is 5.62. The van der Waals surface area contributed by atoms with Gasteiger partial charge < -0.3 is 4.74 Å². The Morgan fingerprint density at radius 3 is 2.50 bits per heavy atom. The van der Waals surface area contributed by atoms with Crippen LogP contribution in [0.1, 0.15) is 32.0 Å². The number of ether oxygens (including phenoxy) is 1. The normalized spacial score (nSPS) is 12.2. The Morgan fingerprint density at radius 1 is 1.17 bits per heavy atom. The van der Waals surface area contributed by atoms with Gasteiger partial charge in [-0.15, -0.1) is 0 Å². The summed E-state index contributed by atoms with van der Waals surface area (Å²) >= 11 is 0. The van der Waals surface area contributed by atoms with E-state index in [4.69, 9.17) is 4.74 Å². The van der Waals surface area contributed by atoms with Gasteiger partial charge in [0.05, 0.1) is 6.17 Å². The van der Waals surface area contributed by atoms with Crippen molar-refractivity contribution < 1.29 is 9.13 Å². The molecular weight excluding hydrogens is 303 g/mol. The SMILES string of the molecule is C=CCOc1ccc(-c2cnc(C=CCCCC(C)F)nc2)cc1. The summed E-state index contributed by atoms with van der Waals surface area (Å²) in [7, 11) is 0. The van der Waals surface area contributed by atoms with Crippen molar-refractivity contribution in [1.29, 1.82) is 0 Å². The molecule has 0 bridgehead atoms. The highest BCUT2D eigenvalue weighted by Gasteiger charge is 2.00.